The first kappa shape index (κ1) is 28.0. The summed E-state index contributed by atoms with van der Waals surface area (Å²) in [5.41, 5.74) is 3.07. The van der Waals surface area contributed by atoms with E-state index in [1.165, 1.54) is 56.6 Å². The smallest absolute Gasteiger partial charge is 0.343 e. The highest BCUT2D eigenvalue weighted by atomic mass is 16.5. The number of phenolic OH excluding ortho intramolecular Hbond substituents is 1. The highest BCUT2D eigenvalue weighted by Gasteiger charge is 2.10. The molecule has 5 heteroatoms. The molecule has 3 rings (SSSR count). The van der Waals surface area contributed by atoms with E-state index in [4.69, 9.17) is 9.47 Å². The molecule has 1 N–H and O–H groups in total. The number of aryl methyl sites for hydroxylation is 1. The maximum atomic E-state index is 12.5. The Morgan fingerprint density at radius 1 is 0.811 bits per heavy atom. The monoisotopic (exact) mass is 501 g/mol. The molecule has 0 heterocycles. The molecule has 0 fully saturated rings. The predicted molar refractivity (Wildman–Crippen MR) is 151 cm³/mol. The number of hydrogen-bond acceptors (Lipinski definition) is 5. The molecule has 0 aliphatic carbocycles. The van der Waals surface area contributed by atoms with Crippen LogP contribution >= 0.6 is 0 Å². The van der Waals surface area contributed by atoms with E-state index >= 15 is 0 Å². The summed E-state index contributed by atoms with van der Waals surface area (Å²) in [6.45, 7) is 5.07. The third-order valence-corrected chi connectivity index (χ3v) is 6.18. The third-order valence-electron chi connectivity index (χ3n) is 6.18. The largest absolute Gasteiger partial charge is 0.507 e. The summed E-state index contributed by atoms with van der Waals surface area (Å²) >= 11 is 0. The molecule has 0 amide bonds. The van der Waals surface area contributed by atoms with E-state index in [9.17, 15) is 9.90 Å². The van der Waals surface area contributed by atoms with Crippen molar-refractivity contribution in [1.82, 2.24) is 0 Å². The Balaban J connectivity index is 1.48. The maximum Gasteiger partial charge on any atom is 0.343 e. The molecule has 0 radical (unpaired) electrons. The van der Waals surface area contributed by atoms with Crippen molar-refractivity contribution in [3.63, 3.8) is 0 Å². The number of ether oxygens (including phenoxy) is 2. The topological polar surface area (TPSA) is 68.1 Å². The normalized spacial score (nSPS) is 11.1. The Hall–Kier alpha value is -3.60. The molecule has 0 unspecified atom stereocenters. The van der Waals surface area contributed by atoms with Crippen molar-refractivity contribution in [2.75, 3.05) is 6.61 Å². The minimum Gasteiger partial charge on any atom is -0.507 e. The average molecular weight is 502 g/mol. The fourth-order valence-electron chi connectivity index (χ4n) is 3.90. The van der Waals surface area contributed by atoms with Crippen molar-refractivity contribution in [2.45, 2.75) is 71.6 Å². The van der Waals surface area contributed by atoms with E-state index in [0.717, 1.165) is 24.3 Å². The van der Waals surface area contributed by atoms with Gasteiger partial charge in [-0.15, -0.1) is 0 Å². The van der Waals surface area contributed by atoms with Crippen LogP contribution in [0, 0.1) is 0 Å². The van der Waals surface area contributed by atoms with Crippen LogP contribution in [-0.2, 0) is 6.42 Å². The molecular formula is C32H39NO4. The molecule has 0 bridgehead atoms. The fraction of sp³-hybridized carbons (Fsp3) is 0.375. The quantitative estimate of drug-likeness (QED) is 0.0982. The zero-order valence-corrected chi connectivity index (χ0v) is 22.1. The van der Waals surface area contributed by atoms with Crippen LogP contribution in [0.3, 0.4) is 0 Å². The first-order chi connectivity index (χ1) is 18.1. The molecule has 37 heavy (non-hydrogen) atoms. The second-order valence-corrected chi connectivity index (χ2v) is 9.28. The molecule has 3 aromatic rings. The highest BCUT2D eigenvalue weighted by Crippen LogP contribution is 2.25. The third kappa shape index (κ3) is 9.76. The van der Waals surface area contributed by atoms with Crippen molar-refractivity contribution in [1.29, 1.82) is 0 Å². The molecule has 0 aliphatic heterocycles. The summed E-state index contributed by atoms with van der Waals surface area (Å²) in [5, 5.41) is 10.4. The van der Waals surface area contributed by atoms with E-state index in [1.807, 2.05) is 12.1 Å². The second-order valence-electron chi connectivity index (χ2n) is 9.28. The Labute approximate surface area is 221 Å². The van der Waals surface area contributed by atoms with Gasteiger partial charge in [-0.1, -0.05) is 64.5 Å². The number of nitrogens with zero attached hydrogens (tertiary/aromatic N) is 1. The summed E-state index contributed by atoms with van der Waals surface area (Å²) in [7, 11) is 0. The summed E-state index contributed by atoms with van der Waals surface area (Å²) in [6.07, 6.45) is 12.3. The van der Waals surface area contributed by atoms with Gasteiger partial charge >= 0.3 is 5.97 Å². The van der Waals surface area contributed by atoms with Gasteiger partial charge in [0.05, 0.1) is 17.9 Å². The van der Waals surface area contributed by atoms with Gasteiger partial charge in [0.25, 0.3) is 0 Å². The Kier molecular flexibility index (Phi) is 11.7. The van der Waals surface area contributed by atoms with Crippen molar-refractivity contribution >= 4 is 17.9 Å². The number of aromatic hydroxyl groups is 1. The second kappa shape index (κ2) is 15.5. The summed E-state index contributed by atoms with van der Waals surface area (Å²) in [5.74, 6) is 0.504. The zero-order valence-electron chi connectivity index (χ0n) is 22.1. The van der Waals surface area contributed by atoms with Gasteiger partial charge in [0, 0.05) is 17.8 Å². The standard InChI is InChI=1S/C32H39NO4/c1-3-5-7-8-9-10-22-36-29-19-14-26(15-20-29)32(35)37-30-21-16-27(31(34)23-30)24-33-28-17-12-25(13-18-28)11-6-4-2/h12-21,23-24,34H,3-11,22H2,1-2H3. The van der Waals surface area contributed by atoms with Gasteiger partial charge < -0.3 is 14.6 Å². The molecule has 0 saturated heterocycles. The van der Waals surface area contributed by atoms with Crippen LogP contribution in [0.4, 0.5) is 5.69 Å². The zero-order chi connectivity index (χ0) is 26.3. The van der Waals surface area contributed by atoms with Gasteiger partial charge in [-0.05, 0) is 73.4 Å². The Bertz CT molecular complexity index is 1120. The van der Waals surface area contributed by atoms with Crippen LogP contribution in [0.15, 0.2) is 71.7 Å². The van der Waals surface area contributed by atoms with Crippen LogP contribution in [0.1, 0.15) is 86.7 Å². The number of phenols is 1. The first-order valence-electron chi connectivity index (χ1n) is 13.5. The van der Waals surface area contributed by atoms with Crippen LogP contribution in [0.2, 0.25) is 0 Å². The van der Waals surface area contributed by atoms with Crippen LogP contribution in [-0.4, -0.2) is 23.9 Å². The molecule has 0 saturated carbocycles. The van der Waals surface area contributed by atoms with E-state index in [2.05, 4.69) is 31.0 Å². The summed E-state index contributed by atoms with van der Waals surface area (Å²) in [6, 6.07) is 19.8. The van der Waals surface area contributed by atoms with Gasteiger partial charge in [0.2, 0.25) is 0 Å². The minimum absolute atomic E-state index is 0.00735. The molecule has 0 atom stereocenters. The number of aliphatic imine (C=N–C) groups is 1. The number of carbonyl (C=O) groups is 1. The Morgan fingerprint density at radius 2 is 1.49 bits per heavy atom. The number of unbranched alkanes of at least 4 members (excludes halogenated alkanes) is 6. The van der Waals surface area contributed by atoms with Crippen molar-refractivity contribution in [3.8, 4) is 17.2 Å². The fourth-order valence-corrected chi connectivity index (χ4v) is 3.90. The molecule has 3 aromatic carbocycles. The van der Waals surface area contributed by atoms with Crippen LogP contribution < -0.4 is 9.47 Å². The maximum absolute atomic E-state index is 12.5. The van der Waals surface area contributed by atoms with E-state index in [1.54, 1.807) is 42.6 Å². The van der Waals surface area contributed by atoms with Crippen molar-refractivity contribution in [2.24, 2.45) is 4.99 Å². The van der Waals surface area contributed by atoms with Gasteiger partial charge in [-0.25, -0.2) is 4.79 Å². The lowest BCUT2D eigenvalue weighted by Gasteiger charge is -2.08. The SMILES string of the molecule is CCCCCCCCOc1ccc(C(=O)Oc2ccc(C=Nc3ccc(CCCC)cc3)c(O)c2)cc1. The van der Waals surface area contributed by atoms with E-state index < -0.39 is 5.97 Å². The Morgan fingerprint density at radius 3 is 2.19 bits per heavy atom. The molecule has 0 aliphatic rings. The van der Waals surface area contributed by atoms with Gasteiger partial charge in [-0.2, -0.15) is 0 Å². The van der Waals surface area contributed by atoms with Gasteiger partial charge in [0.1, 0.15) is 17.2 Å². The average Bonchev–Trinajstić information content (AvgIpc) is 2.92. The van der Waals surface area contributed by atoms with Crippen LogP contribution in [0.25, 0.3) is 0 Å². The number of hydrogen-bond donors (Lipinski definition) is 1. The number of benzene rings is 3. The highest BCUT2D eigenvalue weighted by molar-refractivity contribution is 5.91. The molecule has 0 aromatic heterocycles. The summed E-state index contributed by atoms with van der Waals surface area (Å²) in [4.78, 5) is 17.0. The van der Waals surface area contributed by atoms with Crippen molar-refractivity contribution in [3.05, 3.63) is 83.4 Å². The minimum atomic E-state index is -0.494. The number of rotatable bonds is 15. The number of carbonyl (C=O) groups excluding carboxylic acids is 1. The van der Waals surface area contributed by atoms with Crippen LogP contribution in [0.5, 0.6) is 17.2 Å². The molecule has 196 valence electrons. The van der Waals surface area contributed by atoms with Crippen molar-refractivity contribution < 1.29 is 19.4 Å². The predicted octanol–water partition coefficient (Wildman–Crippen LogP) is 8.44. The molecular weight excluding hydrogens is 462 g/mol. The lowest BCUT2D eigenvalue weighted by molar-refractivity contribution is 0.0734. The van der Waals surface area contributed by atoms with Gasteiger partial charge in [-0.3, -0.25) is 4.99 Å². The summed E-state index contributed by atoms with van der Waals surface area (Å²) < 4.78 is 11.2. The molecule has 5 nitrogen and oxygen atoms in total. The van der Waals surface area contributed by atoms with E-state index in [-0.39, 0.29) is 11.5 Å². The van der Waals surface area contributed by atoms with Gasteiger partial charge in [0.15, 0.2) is 0 Å². The van der Waals surface area contributed by atoms with E-state index in [0.29, 0.717) is 17.7 Å². The first-order valence-corrected chi connectivity index (χ1v) is 13.5. The number of esters is 1. The lowest BCUT2D eigenvalue weighted by Crippen LogP contribution is -2.08. The molecule has 0 spiro atoms. The lowest BCUT2D eigenvalue weighted by atomic mass is 10.1.